The maximum atomic E-state index is 12.9. The molecule has 0 N–H and O–H groups in total. The number of hydrogen-bond donors (Lipinski definition) is 0. The van der Waals surface area contributed by atoms with Crippen LogP contribution in [0.25, 0.3) is 0 Å². The van der Waals surface area contributed by atoms with E-state index in [9.17, 15) is 8.42 Å². The van der Waals surface area contributed by atoms with Crippen LogP contribution >= 0.6 is 15.9 Å². The normalized spacial score (nSPS) is 20.2. The zero-order valence-corrected chi connectivity index (χ0v) is 14.7. The Hall–Kier alpha value is -1.18. The van der Waals surface area contributed by atoms with Crippen LogP contribution in [0.3, 0.4) is 0 Å². The minimum atomic E-state index is -3.47. The summed E-state index contributed by atoms with van der Waals surface area (Å²) >= 11 is 3.34. The van der Waals surface area contributed by atoms with E-state index in [1.807, 2.05) is 25.4 Å². The van der Waals surface area contributed by atoms with Gasteiger partial charge in [0.1, 0.15) is 0 Å². The molecule has 118 valence electrons. The molecule has 0 saturated carbocycles. The van der Waals surface area contributed by atoms with Crippen LogP contribution in [0.5, 0.6) is 0 Å². The molecule has 1 atom stereocenters. The molecule has 1 aliphatic heterocycles. The summed E-state index contributed by atoms with van der Waals surface area (Å²) in [5.74, 6) is 0.159. The SMILES string of the molecule is Cn1ccc([C@@H]2CCCN(S(=O)(=O)c3ccccc3Br)C2)n1. The lowest BCUT2D eigenvalue weighted by Gasteiger charge is -2.31. The monoisotopic (exact) mass is 383 g/mol. The van der Waals surface area contributed by atoms with Gasteiger partial charge in [0.2, 0.25) is 10.0 Å². The second kappa shape index (κ2) is 6.14. The number of aryl methyl sites for hydroxylation is 1. The smallest absolute Gasteiger partial charge is 0.244 e. The lowest BCUT2D eigenvalue weighted by atomic mass is 9.96. The highest BCUT2D eigenvalue weighted by Gasteiger charge is 2.32. The molecule has 1 saturated heterocycles. The van der Waals surface area contributed by atoms with Crippen molar-refractivity contribution in [1.82, 2.24) is 14.1 Å². The fourth-order valence-corrected chi connectivity index (χ4v) is 5.33. The first-order chi connectivity index (χ1) is 10.5. The Balaban J connectivity index is 1.87. The summed E-state index contributed by atoms with van der Waals surface area (Å²) in [4.78, 5) is 0.330. The number of sulfonamides is 1. The van der Waals surface area contributed by atoms with E-state index in [1.165, 1.54) is 0 Å². The maximum Gasteiger partial charge on any atom is 0.244 e. The van der Waals surface area contributed by atoms with Crippen LogP contribution in [0.15, 0.2) is 45.9 Å². The van der Waals surface area contributed by atoms with Crippen molar-refractivity contribution in [2.75, 3.05) is 13.1 Å². The molecule has 0 unspecified atom stereocenters. The van der Waals surface area contributed by atoms with E-state index in [-0.39, 0.29) is 5.92 Å². The summed E-state index contributed by atoms with van der Waals surface area (Å²) in [6.45, 7) is 1.05. The van der Waals surface area contributed by atoms with Crippen molar-refractivity contribution < 1.29 is 8.42 Å². The Morgan fingerprint density at radius 1 is 1.27 bits per heavy atom. The van der Waals surface area contributed by atoms with Gasteiger partial charge < -0.3 is 0 Å². The molecule has 7 heteroatoms. The van der Waals surface area contributed by atoms with Gasteiger partial charge in [0.15, 0.2) is 0 Å². The number of rotatable bonds is 3. The highest BCUT2D eigenvalue weighted by Crippen LogP contribution is 2.31. The fraction of sp³-hybridized carbons (Fsp3) is 0.400. The van der Waals surface area contributed by atoms with Crippen LogP contribution in [0.2, 0.25) is 0 Å². The predicted molar refractivity (Wildman–Crippen MR) is 88.1 cm³/mol. The molecule has 1 aromatic heterocycles. The van der Waals surface area contributed by atoms with Gasteiger partial charge in [-0.25, -0.2) is 8.42 Å². The minimum Gasteiger partial charge on any atom is -0.276 e. The third-order valence-corrected chi connectivity index (χ3v) is 6.87. The zero-order valence-electron chi connectivity index (χ0n) is 12.3. The molecule has 0 aliphatic carbocycles. The Kier molecular flexibility index (Phi) is 4.38. The molecule has 22 heavy (non-hydrogen) atoms. The van der Waals surface area contributed by atoms with Crippen molar-refractivity contribution in [3.05, 3.63) is 46.7 Å². The van der Waals surface area contributed by atoms with E-state index in [0.717, 1.165) is 18.5 Å². The molecule has 1 fully saturated rings. The number of hydrogen-bond acceptors (Lipinski definition) is 3. The average molecular weight is 384 g/mol. The first kappa shape index (κ1) is 15.7. The molecule has 0 spiro atoms. The van der Waals surface area contributed by atoms with Crippen LogP contribution in [0, 0.1) is 0 Å². The van der Waals surface area contributed by atoms with Gasteiger partial charge in [-0.2, -0.15) is 9.40 Å². The van der Waals surface area contributed by atoms with Gasteiger partial charge in [0.25, 0.3) is 0 Å². The van der Waals surface area contributed by atoms with Crippen molar-refractivity contribution in [2.24, 2.45) is 7.05 Å². The Bertz CT molecular complexity index is 773. The standard InChI is InChI=1S/C15H18BrN3O2S/c1-18-10-8-14(17-18)12-5-4-9-19(11-12)22(20,21)15-7-3-2-6-13(15)16/h2-3,6-8,10,12H,4-5,9,11H2,1H3/t12-/m1/s1. The molecule has 5 nitrogen and oxygen atoms in total. The van der Waals surface area contributed by atoms with E-state index in [1.54, 1.807) is 27.2 Å². The first-order valence-corrected chi connectivity index (χ1v) is 9.46. The predicted octanol–water partition coefficient (Wildman–Crippen LogP) is 2.75. The first-order valence-electron chi connectivity index (χ1n) is 7.23. The molecule has 3 rings (SSSR count). The van der Waals surface area contributed by atoms with Crippen LogP contribution in [0.4, 0.5) is 0 Å². The Morgan fingerprint density at radius 2 is 2.05 bits per heavy atom. The van der Waals surface area contributed by atoms with E-state index < -0.39 is 10.0 Å². The molecule has 1 aliphatic rings. The molecule has 1 aromatic carbocycles. The zero-order chi connectivity index (χ0) is 15.7. The largest absolute Gasteiger partial charge is 0.276 e. The van der Waals surface area contributed by atoms with Crippen molar-refractivity contribution >= 4 is 26.0 Å². The Morgan fingerprint density at radius 3 is 2.73 bits per heavy atom. The summed E-state index contributed by atoms with van der Waals surface area (Å²) in [6, 6.07) is 8.93. The van der Waals surface area contributed by atoms with Crippen LogP contribution in [0.1, 0.15) is 24.5 Å². The van der Waals surface area contributed by atoms with Gasteiger partial charge in [0.05, 0.1) is 10.6 Å². The third-order valence-electron chi connectivity index (χ3n) is 3.99. The minimum absolute atomic E-state index is 0.159. The average Bonchev–Trinajstić information content (AvgIpc) is 2.94. The van der Waals surface area contributed by atoms with Gasteiger partial charge in [-0.05, 0) is 47.0 Å². The number of nitrogens with zero attached hydrogens (tertiary/aromatic N) is 3. The van der Waals surface area contributed by atoms with Crippen LogP contribution < -0.4 is 0 Å². The van der Waals surface area contributed by atoms with Gasteiger partial charge in [-0.1, -0.05) is 12.1 Å². The summed E-state index contributed by atoms with van der Waals surface area (Å²) < 4.78 is 29.7. The Labute approximate surface area is 139 Å². The van der Waals surface area contributed by atoms with Gasteiger partial charge in [0, 0.05) is 36.7 Å². The summed E-state index contributed by atoms with van der Waals surface area (Å²) in [6.07, 6.45) is 3.72. The summed E-state index contributed by atoms with van der Waals surface area (Å²) in [5, 5.41) is 4.43. The maximum absolute atomic E-state index is 12.9. The van der Waals surface area contributed by atoms with Crippen molar-refractivity contribution in [3.63, 3.8) is 0 Å². The number of aromatic nitrogens is 2. The van der Waals surface area contributed by atoms with E-state index in [0.29, 0.717) is 22.5 Å². The van der Waals surface area contributed by atoms with Crippen molar-refractivity contribution in [3.8, 4) is 0 Å². The van der Waals surface area contributed by atoms with Crippen molar-refractivity contribution in [2.45, 2.75) is 23.7 Å². The summed E-state index contributed by atoms with van der Waals surface area (Å²) in [7, 11) is -1.60. The lowest BCUT2D eigenvalue weighted by molar-refractivity contribution is 0.311. The number of piperidine rings is 1. The van der Waals surface area contributed by atoms with Crippen LogP contribution in [-0.2, 0) is 17.1 Å². The van der Waals surface area contributed by atoms with Crippen LogP contribution in [-0.4, -0.2) is 35.6 Å². The van der Waals surface area contributed by atoms with Crippen molar-refractivity contribution in [1.29, 1.82) is 0 Å². The van der Waals surface area contributed by atoms with E-state index in [4.69, 9.17) is 0 Å². The molecule has 0 amide bonds. The highest BCUT2D eigenvalue weighted by atomic mass is 79.9. The van der Waals surface area contributed by atoms with E-state index in [2.05, 4.69) is 21.0 Å². The van der Waals surface area contributed by atoms with Gasteiger partial charge in [-0.15, -0.1) is 0 Å². The fourth-order valence-electron chi connectivity index (χ4n) is 2.85. The second-order valence-electron chi connectivity index (χ2n) is 5.55. The van der Waals surface area contributed by atoms with Gasteiger partial charge >= 0.3 is 0 Å². The topological polar surface area (TPSA) is 55.2 Å². The number of benzene rings is 1. The molecule has 2 aromatic rings. The molecular formula is C15H18BrN3O2S. The van der Waals surface area contributed by atoms with Gasteiger partial charge in [-0.3, -0.25) is 4.68 Å². The lowest BCUT2D eigenvalue weighted by Crippen LogP contribution is -2.39. The molecule has 0 bridgehead atoms. The third kappa shape index (κ3) is 2.98. The second-order valence-corrected chi connectivity index (χ2v) is 8.31. The highest BCUT2D eigenvalue weighted by molar-refractivity contribution is 9.10. The molecular weight excluding hydrogens is 366 g/mol. The number of halogens is 1. The quantitative estimate of drug-likeness (QED) is 0.818. The van der Waals surface area contributed by atoms with E-state index >= 15 is 0 Å². The molecule has 2 heterocycles. The molecule has 0 radical (unpaired) electrons. The summed E-state index contributed by atoms with van der Waals surface area (Å²) in [5.41, 5.74) is 0.967.